The Labute approximate surface area is 183 Å². The normalized spacial score (nSPS) is 12.5. The van der Waals surface area contributed by atoms with Gasteiger partial charge in [-0.25, -0.2) is 0 Å². The predicted octanol–water partition coefficient (Wildman–Crippen LogP) is 3.24. The largest absolute Gasteiger partial charge is 0.385 e. The van der Waals surface area contributed by atoms with Crippen LogP contribution in [0.2, 0.25) is 0 Å². The SMILES string of the molecule is CCc1nncn1CCNC(=NCCCOC)NC(CC)c1cccs1.I. The van der Waals surface area contributed by atoms with Crippen LogP contribution in [-0.2, 0) is 17.7 Å². The molecule has 1 atom stereocenters. The van der Waals surface area contributed by atoms with Crippen LogP contribution in [0, 0.1) is 0 Å². The monoisotopic (exact) mass is 506 g/mol. The zero-order chi connectivity index (χ0) is 18.6. The number of hydrogen-bond donors (Lipinski definition) is 2. The zero-order valence-electron chi connectivity index (χ0n) is 16.4. The first kappa shape index (κ1) is 23.8. The molecule has 0 aliphatic rings. The summed E-state index contributed by atoms with van der Waals surface area (Å²) in [6.45, 7) is 7.30. The van der Waals surface area contributed by atoms with Crippen molar-refractivity contribution in [3.8, 4) is 0 Å². The van der Waals surface area contributed by atoms with E-state index in [9.17, 15) is 0 Å². The van der Waals surface area contributed by atoms with Crippen LogP contribution >= 0.6 is 35.3 Å². The van der Waals surface area contributed by atoms with Crippen LogP contribution in [0.25, 0.3) is 0 Å². The van der Waals surface area contributed by atoms with Gasteiger partial charge in [0.1, 0.15) is 12.2 Å². The Morgan fingerprint density at radius 3 is 2.93 bits per heavy atom. The number of ether oxygens (including phenoxy) is 1. The second kappa shape index (κ2) is 13.9. The first-order valence-corrected chi connectivity index (χ1v) is 10.1. The van der Waals surface area contributed by atoms with Crippen molar-refractivity contribution in [1.29, 1.82) is 0 Å². The first-order valence-electron chi connectivity index (χ1n) is 9.22. The van der Waals surface area contributed by atoms with Gasteiger partial charge in [-0.2, -0.15) is 0 Å². The lowest BCUT2D eigenvalue weighted by Gasteiger charge is -2.20. The summed E-state index contributed by atoms with van der Waals surface area (Å²) in [6.07, 6.45) is 4.58. The highest BCUT2D eigenvalue weighted by atomic mass is 127. The number of thiophene rings is 1. The second-order valence-corrected chi connectivity index (χ2v) is 6.90. The van der Waals surface area contributed by atoms with E-state index in [1.54, 1.807) is 24.8 Å². The topological polar surface area (TPSA) is 76.4 Å². The number of halogens is 1. The van der Waals surface area contributed by atoms with Gasteiger partial charge in [0.15, 0.2) is 5.96 Å². The smallest absolute Gasteiger partial charge is 0.191 e. The van der Waals surface area contributed by atoms with E-state index in [0.29, 0.717) is 0 Å². The molecule has 2 N–H and O–H groups in total. The zero-order valence-corrected chi connectivity index (χ0v) is 19.5. The summed E-state index contributed by atoms with van der Waals surface area (Å²) in [5.41, 5.74) is 0. The fourth-order valence-corrected chi connectivity index (χ4v) is 3.48. The Morgan fingerprint density at radius 2 is 2.26 bits per heavy atom. The standard InChI is InChI=1S/C18H30N6OS.HI/c1-4-15(16-8-6-13-26-16)22-18(19-9-7-12-25-3)20-10-11-24-14-21-23-17(24)5-2;/h6,8,13-15H,4-5,7,9-12H2,1-3H3,(H2,19,20,22);1H. The van der Waals surface area contributed by atoms with E-state index in [1.807, 2.05) is 0 Å². The molecule has 7 nitrogen and oxygen atoms in total. The number of nitrogens with zero attached hydrogens (tertiary/aromatic N) is 4. The highest BCUT2D eigenvalue weighted by molar-refractivity contribution is 14.0. The predicted molar refractivity (Wildman–Crippen MR) is 122 cm³/mol. The Kier molecular flexibility index (Phi) is 12.3. The second-order valence-electron chi connectivity index (χ2n) is 5.92. The Morgan fingerprint density at radius 1 is 1.41 bits per heavy atom. The van der Waals surface area contributed by atoms with Gasteiger partial charge in [0.25, 0.3) is 0 Å². The molecule has 0 aliphatic heterocycles. The van der Waals surface area contributed by atoms with Crippen molar-refractivity contribution in [3.63, 3.8) is 0 Å². The van der Waals surface area contributed by atoms with Crippen LogP contribution in [0.4, 0.5) is 0 Å². The van der Waals surface area contributed by atoms with Crippen molar-refractivity contribution in [2.45, 2.75) is 45.7 Å². The summed E-state index contributed by atoms with van der Waals surface area (Å²) in [6, 6.07) is 4.52. The van der Waals surface area contributed by atoms with Gasteiger partial charge in [0.2, 0.25) is 0 Å². The molecule has 2 aromatic heterocycles. The maximum absolute atomic E-state index is 5.11. The van der Waals surface area contributed by atoms with Gasteiger partial charge in [-0.1, -0.05) is 19.9 Å². The van der Waals surface area contributed by atoms with Gasteiger partial charge in [-0.3, -0.25) is 4.99 Å². The minimum Gasteiger partial charge on any atom is -0.385 e. The van der Waals surface area contributed by atoms with Crippen LogP contribution in [0.5, 0.6) is 0 Å². The van der Waals surface area contributed by atoms with Gasteiger partial charge in [-0.15, -0.1) is 45.5 Å². The first-order chi connectivity index (χ1) is 12.8. The molecule has 152 valence electrons. The molecule has 1 unspecified atom stereocenters. The fourth-order valence-electron chi connectivity index (χ4n) is 2.62. The highest BCUT2D eigenvalue weighted by Gasteiger charge is 2.12. The number of guanidine groups is 1. The maximum atomic E-state index is 5.11. The van der Waals surface area contributed by atoms with Crippen molar-refractivity contribution >= 4 is 41.3 Å². The van der Waals surface area contributed by atoms with Crippen molar-refractivity contribution in [2.24, 2.45) is 4.99 Å². The summed E-state index contributed by atoms with van der Waals surface area (Å²) in [5.74, 6) is 1.84. The van der Waals surface area contributed by atoms with Gasteiger partial charge < -0.3 is 19.9 Å². The number of methoxy groups -OCH3 is 1. The molecule has 0 aliphatic carbocycles. The van der Waals surface area contributed by atoms with Gasteiger partial charge in [-0.05, 0) is 24.3 Å². The number of aryl methyl sites for hydroxylation is 1. The van der Waals surface area contributed by atoms with Crippen molar-refractivity contribution in [3.05, 3.63) is 34.5 Å². The number of aliphatic imine (C=N–C) groups is 1. The molecule has 2 rings (SSSR count). The molecule has 0 radical (unpaired) electrons. The number of aromatic nitrogens is 3. The van der Waals surface area contributed by atoms with Crippen LogP contribution in [0.15, 0.2) is 28.8 Å². The Hall–Kier alpha value is -1.20. The van der Waals surface area contributed by atoms with Crippen LogP contribution < -0.4 is 10.6 Å². The molecule has 0 amide bonds. The maximum Gasteiger partial charge on any atom is 0.191 e. The fraction of sp³-hybridized carbons (Fsp3) is 0.611. The lowest BCUT2D eigenvalue weighted by Crippen LogP contribution is -2.41. The van der Waals surface area contributed by atoms with Gasteiger partial charge in [0.05, 0.1) is 6.04 Å². The summed E-state index contributed by atoms with van der Waals surface area (Å²) in [5, 5.41) is 17.2. The highest BCUT2D eigenvalue weighted by Crippen LogP contribution is 2.21. The minimum atomic E-state index is 0. The summed E-state index contributed by atoms with van der Waals surface area (Å²) in [4.78, 5) is 6.02. The third kappa shape index (κ3) is 8.14. The van der Waals surface area contributed by atoms with E-state index in [2.05, 4.69) is 56.8 Å². The molecule has 27 heavy (non-hydrogen) atoms. The van der Waals surface area contributed by atoms with Crippen LogP contribution in [0.1, 0.15) is 43.4 Å². The molecule has 0 saturated heterocycles. The van der Waals surface area contributed by atoms with E-state index in [-0.39, 0.29) is 30.0 Å². The van der Waals surface area contributed by atoms with Crippen molar-refractivity contribution in [2.75, 3.05) is 26.8 Å². The minimum absolute atomic E-state index is 0. The Balaban J connectivity index is 0.00000364. The average Bonchev–Trinajstić information content (AvgIpc) is 3.34. The number of nitrogens with one attached hydrogen (secondary N) is 2. The molecule has 0 saturated carbocycles. The number of rotatable bonds is 11. The Bertz CT molecular complexity index is 646. The molecule has 0 bridgehead atoms. The summed E-state index contributed by atoms with van der Waals surface area (Å²) >= 11 is 1.77. The molecule has 2 heterocycles. The third-order valence-corrected chi connectivity index (χ3v) is 5.03. The molecular weight excluding hydrogens is 475 g/mol. The molecule has 0 spiro atoms. The summed E-state index contributed by atoms with van der Waals surface area (Å²) in [7, 11) is 1.72. The van der Waals surface area contributed by atoms with Crippen molar-refractivity contribution < 1.29 is 4.74 Å². The van der Waals surface area contributed by atoms with E-state index in [4.69, 9.17) is 9.73 Å². The van der Waals surface area contributed by atoms with E-state index < -0.39 is 0 Å². The van der Waals surface area contributed by atoms with Crippen molar-refractivity contribution in [1.82, 2.24) is 25.4 Å². The molecule has 2 aromatic rings. The molecule has 0 fully saturated rings. The summed E-state index contributed by atoms with van der Waals surface area (Å²) < 4.78 is 7.19. The molecular formula is C18H31IN6OS. The molecule has 9 heteroatoms. The lowest BCUT2D eigenvalue weighted by molar-refractivity contribution is 0.197. The van der Waals surface area contributed by atoms with Gasteiger partial charge >= 0.3 is 0 Å². The van der Waals surface area contributed by atoms with E-state index in [0.717, 1.165) is 57.3 Å². The van der Waals surface area contributed by atoms with E-state index >= 15 is 0 Å². The van der Waals surface area contributed by atoms with Gasteiger partial charge in [0, 0.05) is 44.6 Å². The quantitative estimate of drug-likeness (QED) is 0.212. The lowest BCUT2D eigenvalue weighted by atomic mass is 10.2. The number of hydrogen-bond acceptors (Lipinski definition) is 5. The van der Waals surface area contributed by atoms with Crippen LogP contribution in [-0.4, -0.2) is 47.5 Å². The average molecular weight is 506 g/mol. The van der Waals surface area contributed by atoms with E-state index in [1.165, 1.54) is 4.88 Å². The molecule has 0 aromatic carbocycles. The third-order valence-electron chi connectivity index (χ3n) is 4.04. The van der Waals surface area contributed by atoms with Crippen LogP contribution in [0.3, 0.4) is 0 Å².